The van der Waals surface area contributed by atoms with Crippen molar-refractivity contribution in [1.29, 1.82) is 0 Å². The Kier molecular flexibility index (Phi) is 18.0. The molecule has 0 saturated carbocycles. The van der Waals surface area contributed by atoms with Crippen molar-refractivity contribution in [2.75, 3.05) is 25.5 Å². The number of carbonyl (C=O) groups excluding carboxylic acids is 1. The van der Waals surface area contributed by atoms with Gasteiger partial charge in [-0.3, -0.25) is 0 Å². The lowest BCUT2D eigenvalue weighted by atomic mass is 10.2. The van der Waals surface area contributed by atoms with Crippen LogP contribution in [0, 0.1) is 0 Å². The van der Waals surface area contributed by atoms with Crippen molar-refractivity contribution in [3.8, 4) is 5.75 Å². The predicted octanol–water partition coefficient (Wildman–Crippen LogP) is 7.35. The molecule has 0 fully saturated rings. The van der Waals surface area contributed by atoms with Crippen molar-refractivity contribution in [1.82, 2.24) is 5.32 Å². The summed E-state index contributed by atoms with van der Waals surface area (Å²) in [5, 5.41) is 2.74. The van der Waals surface area contributed by atoms with E-state index in [4.69, 9.17) is 14.2 Å². The van der Waals surface area contributed by atoms with Crippen molar-refractivity contribution in [3.63, 3.8) is 0 Å². The average molecular weight is 466 g/mol. The molecule has 1 amide bonds. The van der Waals surface area contributed by atoms with E-state index in [1.807, 2.05) is 30.3 Å². The van der Waals surface area contributed by atoms with E-state index in [0.29, 0.717) is 12.3 Å². The largest absolute Gasteiger partial charge is 0.412 e. The van der Waals surface area contributed by atoms with Gasteiger partial charge in [0, 0.05) is 30.4 Å². The number of rotatable bonds is 20. The third-order valence-electron chi connectivity index (χ3n) is 4.88. The lowest BCUT2D eigenvalue weighted by Gasteiger charge is -2.18. The third-order valence-corrected chi connectivity index (χ3v) is 5.92. The van der Waals surface area contributed by atoms with E-state index >= 15 is 0 Å². The van der Waals surface area contributed by atoms with Crippen molar-refractivity contribution in [2.45, 2.75) is 89.2 Å². The van der Waals surface area contributed by atoms with Crippen LogP contribution < -0.4 is 10.1 Å². The summed E-state index contributed by atoms with van der Waals surface area (Å²) in [6.45, 7) is 10.2. The minimum atomic E-state index is -0.428. The fourth-order valence-electron chi connectivity index (χ4n) is 2.98. The first-order chi connectivity index (χ1) is 15.7. The molecular weight excluding hydrogens is 422 g/mol. The molecule has 0 saturated heterocycles. The van der Waals surface area contributed by atoms with Crippen LogP contribution in [0.25, 0.3) is 0 Å². The summed E-state index contributed by atoms with van der Waals surface area (Å²) in [7, 11) is 0. The van der Waals surface area contributed by atoms with E-state index in [-0.39, 0.29) is 6.29 Å². The van der Waals surface area contributed by atoms with Crippen LogP contribution in [0.5, 0.6) is 5.75 Å². The Morgan fingerprint density at radius 3 is 2.16 bits per heavy atom. The number of hydrogen-bond acceptors (Lipinski definition) is 5. The fourth-order valence-corrected chi connectivity index (χ4v) is 3.83. The number of amides is 1. The van der Waals surface area contributed by atoms with Crippen LogP contribution in [-0.4, -0.2) is 37.9 Å². The van der Waals surface area contributed by atoms with Gasteiger partial charge in [0.05, 0.1) is 0 Å². The van der Waals surface area contributed by atoms with E-state index in [9.17, 15) is 4.79 Å². The molecule has 0 aliphatic heterocycles. The van der Waals surface area contributed by atoms with Crippen LogP contribution in [-0.2, 0) is 9.47 Å². The lowest BCUT2D eigenvalue weighted by molar-refractivity contribution is -0.128. The van der Waals surface area contributed by atoms with Crippen LogP contribution >= 0.6 is 11.8 Å². The van der Waals surface area contributed by atoms with Gasteiger partial charge in [-0.1, -0.05) is 58.4 Å². The molecule has 6 heteroatoms. The molecule has 5 nitrogen and oxygen atoms in total. The molecule has 1 rings (SSSR count). The van der Waals surface area contributed by atoms with Crippen molar-refractivity contribution in [3.05, 3.63) is 36.9 Å². The zero-order valence-electron chi connectivity index (χ0n) is 20.1. The number of nitrogens with one attached hydrogen (secondary N) is 1. The highest BCUT2D eigenvalue weighted by Gasteiger charge is 2.11. The molecule has 0 spiro atoms. The summed E-state index contributed by atoms with van der Waals surface area (Å²) >= 11 is 1.70. The Bertz CT molecular complexity index is 580. The molecular formula is C26H43NO4S. The second-order valence-electron chi connectivity index (χ2n) is 7.82. The number of unbranched alkanes of at least 4 members (excludes halogenated alkanes) is 7. The summed E-state index contributed by atoms with van der Waals surface area (Å²) in [6, 6.07) is 7.56. The molecule has 1 aromatic carbocycles. The van der Waals surface area contributed by atoms with Gasteiger partial charge in [-0.15, -0.1) is 18.3 Å². The van der Waals surface area contributed by atoms with Crippen LogP contribution in [0.4, 0.5) is 4.79 Å². The van der Waals surface area contributed by atoms with Crippen LogP contribution in [0.15, 0.2) is 41.8 Å². The fraction of sp³-hybridized carbons (Fsp3) is 0.654. The standard InChI is InChI=1S/C26H43NO4S/c1-4-7-10-13-20-29-25(30-21-14-11-8-5-2)22-32-24-17-15-23(16-18-24)31-26(28)27-19-12-9-6-3/h6,15-18,25H,3-5,7-14,19-22H2,1-2H3,(H,27,28). The maximum Gasteiger partial charge on any atom is 0.412 e. The molecule has 0 aliphatic carbocycles. The first kappa shape index (κ1) is 28.5. The van der Waals surface area contributed by atoms with Crippen LogP contribution in [0.3, 0.4) is 0 Å². The smallest absolute Gasteiger partial charge is 0.410 e. The first-order valence-corrected chi connectivity index (χ1v) is 13.2. The lowest BCUT2D eigenvalue weighted by Crippen LogP contribution is -2.27. The second kappa shape index (κ2) is 20.1. The van der Waals surface area contributed by atoms with Gasteiger partial charge in [0.15, 0.2) is 6.29 Å². The van der Waals surface area contributed by atoms with Crippen LogP contribution in [0.1, 0.15) is 78.1 Å². The zero-order valence-corrected chi connectivity index (χ0v) is 20.9. The summed E-state index contributed by atoms with van der Waals surface area (Å²) in [5.74, 6) is 1.28. The molecule has 182 valence electrons. The number of carbonyl (C=O) groups is 1. The third kappa shape index (κ3) is 15.3. The molecule has 0 aromatic heterocycles. The van der Waals surface area contributed by atoms with E-state index in [2.05, 4.69) is 25.7 Å². The maximum absolute atomic E-state index is 11.8. The zero-order chi connectivity index (χ0) is 23.3. The van der Waals surface area contributed by atoms with Gasteiger partial charge >= 0.3 is 6.09 Å². The number of hydrogen-bond donors (Lipinski definition) is 1. The highest BCUT2D eigenvalue weighted by atomic mass is 32.2. The highest BCUT2D eigenvalue weighted by Crippen LogP contribution is 2.23. The van der Waals surface area contributed by atoms with Gasteiger partial charge in [0.1, 0.15) is 5.75 Å². The van der Waals surface area contributed by atoms with Crippen LogP contribution in [0.2, 0.25) is 0 Å². The van der Waals surface area contributed by atoms with Gasteiger partial charge in [-0.25, -0.2) is 4.79 Å². The SMILES string of the molecule is C=CCCCNC(=O)Oc1ccc(SCC(OCCCCCC)OCCCCCC)cc1. The van der Waals surface area contributed by atoms with E-state index in [0.717, 1.165) is 49.5 Å². The summed E-state index contributed by atoms with van der Waals surface area (Å²) in [4.78, 5) is 12.9. The highest BCUT2D eigenvalue weighted by molar-refractivity contribution is 7.99. The van der Waals surface area contributed by atoms with E-state index < -0.39 is 6.09 Å². The average Bonchev–Trinajstić information content (AvgIpc) is 2.80. The summed E-state index contributed by atoms with van der Waals surface area (Å²) in [5.41, 5.74) is 0. The van der Waals surface area contributed by atoms with Gasteiger partial charge in [0.2, 0.25) is 0 Å². The van der Waals surface area contributed by atoms with Crippen molar-refractivity contribution < 1.29 is 19.0 Å². The molecule has 0 aliphatic rings. The Morgan fingerprint density at radius 1 is 0.969 bits per heavy atom. The quantitative estimate of drug-likeness (QED) is 0.0944. The van der Waals surface area contributed by atoms with Gasteiger partial charge in [-0.05, 0) is 49.9 Å². The number of ether oxygens (including phenoxy) is 3. The molecule has 0 radical (unpaired) electrons. The monoisotopic (exact) mass is 465 g/mol. The molecule has 0 unspecified atom stereocenters. The summed E-state index contributed by atoms with van der Waals surface area (Å²) < 4.78 is 17.4. The topological polar surface area (TPSA) is 56.8 Å². The Labute approximate surface area is 199 Å². The Hall–Kier alpha value is -1.50. The minimum absolute atomic E-state index is 0.194. The van der Waals surface area contributed by atoms with E-state index in [1.54, 1.807) is 11.8 Å². The van der Waals surface area contributed by atoms with Crippen molar-refractivity contribution >= 4 is 17.9 Å². The minimum Gasteiger partial charge on any atom is -0.410 e. The molecule has 0 bridgehead atoms. The van der Waals surface area contributed by atoms with Gasteiger partial charge in [0.25, 0.3) is 0 Å². The normalized spacial score (nSPS) is 11.0. The molecule has 1 N–H and O–H groups in total. The van der Waals surface area contributed by atoms with E-state index in [1.165, 1.54) is 38.5 Å². The second-order valence-corrected chi connectivity index (χ2v) is 8.92. The van der Waals surface area contributed by atoms with Crippen molar-refractivity contribution in [2.24, 2.45) is 0 Å². The number of allylic oxidation sites excluding steroid dienone is 1. The Morgan fingerprint density at radius 2 is 1.59 bits per heavy atom. The Balaban J connectivity index is 2.40. The first-order valence-electron chi connectivity index (χ1n) is 12.2. The molecule has 32 heavy (non-hydrogen) atoms. The molecule has 1 aromatic rings. The summed E-state index contributed by atoms with van der Waals surface area (Å²) in [6.07, 6.45) is 12.5. The maximum atomic E-state index is 11.8. The molecule has 0 atom stereocenters. The molecule has 0 heterocycles. The number of thioether (sulfide) groups is 1. The predicted molar refractivity (Wildman–Crippen MR) is 135 cm³/mol. The van der Waals surface area contributed by atoms with Gasteiger partial charge < -0.3 is 19.5 Å². The number of benzene rings is 1. The van der Waals surface area contributed by atoms with Gasteiger partial charge in [-0.2, -0.15) is 0 Å².